The van der Waals surface area contributed by atoms with Crippen molar-refractivity contribution in [3.63, 3.8) is 0 Å². The van der Waals surface area contributed by atoms with E-state index in [0.29, 0.717) is 22.3 Å². The summed E-state index contributed by atoms with van der Waals surface area (Å²) in [5.74, 6) is -3.79. The lowest BCUT2D eigenvalue weighted by atomic mass is 10.3. The first-order valence-corrected chi connectivity index (χ1v) is 6.98. The molecule has 2 rings (SSSR count). The second-order valence-electron chi connectivity index (χ2n) is 4.00. The van der Waals surface area contributed by atoms with Gasteiger partial charge in [-0.2, -0.15) is 8.78 Å². The number of esters is 1. The van der Waals surface area contributed by atoms with Crippen molar-refractivity contribution in [2.75, 3.05) is 11.9 Å². The third-order valence-corrected chi connectivity index (χ3v) is 3.14. The molecular weight excluding hydrogens is 316 g/mol. The van der Waals surface area contributed by atoms with Crippen LogP contribution >= 0.6 is 11.8 Å². The molecule has 8 heteroatoms. The number of benzene rings is 1. The first-order chi connectivity index (χ1) is 10.5. The van der Waals surface area contributed by atoms with Gasteiger partial charge < -0.3 is 14.5 Å². The van der Waals surface area contributed by atoms with Gasteiger partial charge in [-0.15, -0.1) is 0 Å². The molecule has 0 bridgehead atoms. The third kappa shape index (κ3) is 4.88. The topological polar surface area (TPSA) is 68.5 Å². The summed E-state index contributed by atoms with van der Waals surface area (Å²) in [5, 5.41) is 2.48. The number of nitrogens with one attached hydrogen (secondary N) is 1. The van der Waals surface area contributed by atoms with E-state index < -0.39 is 24.2 Å². The Balaban J connectivity index is 1.80. The number of halogens is 2. The van der Waals surface area contributed by atoms with E-state index in [1.165, 1.54) is 42.7 Å². The van der Waals surface area contributed by atoms with Crippen LogP contribution in [0, 0.1) is 0 Å². The Kier molecular flexibility index (Phi) is 5.54. The van der Waals surface area contributed by atoms with Gasteiger partial charge in [0.2, 0.25) is 5.76 Å². The van der Waals surface area contributed by atoms with Gasteiger partial charge in [-0.1, -0.05) is 11.8 Å². The van der Waals surface area contributed by atoms with E-state index in [1.54, 1.807) is 0 Å². The van der Waals surface area contributed by atoms with Crippen molar-refractivity contribution in [2.24, 2.45) is 0 Å². The minimum absolute atomic E-state index is 0.00109. The minimum atomic E-state index is -2.50. The predicted molar refractivity (Wildman–Crippen MR) is 75.9 cm³/mol. The lowest BCUT2D eigenvalue weighted by Gasteiger charge is -2.06. The molecule has 0 aliphatic rings. The Bertz CT molecular complexity index is 629. The normalized spacial score (nSPS) is 10.5. The van der Waals surface area contributed by atoms with Gasteiger partial charge >= 0.3 is 5.97 Å². The molecule has 0 aliphatic heterocycles. The maximum absolute atomic E-state index is 12.2. The molecule has 0 aliphatic carbocycles. The Labute approximate surface area is 128 Å². The molecule has 0 fully saturated rings. The van der Waals surface area contributed by atoms with E-state index in [2.05, 4.69) is 5.32 Å². The van der Waals surface area contributed by atoms with E-state index >= 15 is 0 Å². The summed E-state index contributed by atoms with van der Waals surface area (Å²) in [7, 11) is 0. The summed E-state index contributed by atoms with van der Waals surface area (Å²) in [6, 6.07) is 8.83. The van der Waals surface area contributed by atoms with Crippen LogP contribution in [0.25, 0.3) is 0 Å². The minimum Gasteiger partial charge on any atom is -0.457 e. The van der Waals surface area contributed by atoms with E-state index in [1.807, 2.05) is 0 Å². The van der Waals surface area contributed by atoms with Gasteiger partial charge in [0, 0.05) is 10.6 Å². The van der Waals surface area contributed by atoms with Gasteiger partial charge in [-0.25, -0.2) is 4.79 Å². The van der Waals surface area contributed by atoms with Crippen molar-refractivity contribution in [2.45, 2.75) is 10.7 Å². The van der Waals surface area contributed by atoms with E-state index in [9.17, 15) is 18.4 Å². The molecule has 1 N–H and O–H groups in total. The van der Waals surface area contributed by atoms with Gasteiger partial charge in [0.15, 0.2) is 6.61 Å². The number of hydrogen-bond donors (Lipinski definition) is 1. The number of carbonyl (C=O) groups is 2. The molecule has 1 aromatic carbocycles. The van der Waals surface area contributed by atoms with Crippen LogP contribution in [0.2, 0.25) is 0 Å². The Hall–Kier alpha value is -2.35. The molecule has 2 aromatic rings. The average Bonchev–Trinajstić information content (AvgIpc) is 3.00. The molecule has 0 unspecified atom stereocenters. The lowest BCUT2D eigenvalue weighted by Crippen LogP contribution is -2.20. The number of alkyl halides is 2. The number of rotatable bonds is 6. The molecule has 1 aromatic heterocycles. The SMILES string of the molecule is O=C(COC(=O)c1ccco1)Nc1ccc(SC(F)F)cc1. The van der Waals surface area contributed by atoms with E-state index in [4.69, 9.17) is 9.15 Å². The molecule has 0 saturated carbocycles. The van der Waals surface area contributed by atoms with Crippen LogP contribution in [-0.4, -0.2) is 24.2 Å². The summed E-state index contributed by atoms with van der Waals surface area (Å²) in [6.45, 7) is -0.479. The summed E-state index contributed by atoms with van der Waals surface area (Å²) >= 11 is 0.413. The molecular formula is C14H11F2NO4S. The number of ether oxygens (including phenoxy) is 1. The predicted octanol–water partition coefficient (Wildman–Crippen LogP) is 3.39. The smallest absolute Gasteiger partial charge is 0.374 e. The van der Waals surface area contributed by atoms with Crippen molar-refractivity contribution >= 4 is 29.3 Å². The number of carbonyl (C=O) groups excluding carboxylic acids is 2. The third-order valence-electron chi connectivity index (χ3n) is 2.42. The van der Waals surface area contributed by atoms with Gasteiger partial charge in [-0.3, -0.25) is 4.79 Å². The zero-order valence-electron chi connectivity index (χ0n) is 11.1. The van der Waals surface area contributed by atoms with Crippen molar-refractivity contribution < 1.29 is 27.5 Å². The van der Waals surface area contributed by atoms with Crippen LogP contribution in [0.5, 0.6) is 0 Å². The highest BCUT2D eigenvalue weighted by atomic mass is 32.2. The molecule has 116 valence electrons. The molecule has 0 atom stereocenters. The number of thioether (sulfide) groups is 1. The Morgan fingerprint density at radius 2 is 1.95 bits per heavy atom. The standard InChI is InChI=1S/C14H11F2NO4S/c15-14(16)22-10-5-3-9(4-6-10)17-12(18)8-21-13(19)11-2-1-7-20-11/h1-7,14H,8H2,(H,17,18). The van der Waals surface area contributed by atoms with Crippen molar-refractivity contribution in [1.82, 2.24) is 0 Å². The maximum atomic E-state index is 12.2. The molecule has 5 nitrogen and oxygen atoms in total. The summed E-state index contributed by atoms with van der Waals surface area (Å²) in [6.07, 6.45) is 1.32. The fraction of sp³-hybridized carbons (Fsp3) is 0.143. The fourth-order valence-electron chi connectivity index (χ4n) is 1.51. The van der Waals surface area contributed by atoms with E-state index in [-0.39, 0.29) is 5.76 Å². The first-order valence-electron chi connectivity index (χ1n) is 6.10. The van der Waals surface area contributed by atoms with E-state index in [0.717, 1.165) is 0 Å². The van der Waals surface area contributed by atoms with Crippen molar-refractivity contribution in [3.8, 4) is 0 Å². The molecule has 0 saturated heterocycles. The number of hydrogen-bond acceptors (Lipinski definition) is 5. The first kappa shape index (κ1) is 16.0. The van der Waals surface area contributed by atoms with Crippen LogP contribution in [0.3, 0.4) is 0 Å². The fourth-order valence-corrected chi connectivity index (χ4v) is 2.01. The highest BCUT2D eigenvalue weighted by Gasteiger charge is 2.12. The van der Waals surface area contributed by atoms with Crippen LogP contribution in [-0.2, 0) is 9.53 Å². The number of amides is 1. The van der Waals surface area contributed by atoms with Crippen LogP contribution in [0.15, 0.2) is 52.0 Å². The highest BCUT2D eigenvalue weighted by molar-refractivity contribution is 7.99. The monoisotopic (exact) mass is 327 g/mol. The van der Waals surface area contributed by atoms with Crippen LogP contribution in [0.4, 0.5) is 14.5 Å². The number of furan rings is 1. The molecule has 0 radical (unpaired) electrons. The molecule has 22 heavy (non-hydrogen) atoms. The number of anilines is 1. The maximum Gasteiger partial charge on any atom is 0.374 e. The van der Waals surface area contributed by atoms with Crippen molar-refractivity contribution in [1.29, 1.82) is 0 Å². The Morgan fingerprint density at radius 1 is 1.23 bits per heavy atom. The largest absolute Gasteiger partial charge is 0.457 e. The average molecular weight is 327 g/mol. The second kappa shape index (κ2) is 7.60. The molecule has 1 heterocycles. The summed E-state index contributed by atoms with van der Waals surface area (Å²) in [4.78, 5) is 23.4. The second-order valence-corrected chi connectivity index (χ2v) is 5.07. The van der Waals surface area contributed by atoms with Crippen molar-refractivity contribution in [3.05, 3.63) is 48.4 Å². The van der Waals surface area contributed by atoms with Crippen LogP contribution in [0.1, 0.15) is 10.6 Å². The van der Waals surface area contributed by atoms with Gasteiger partial charge in [-0.05, 0) is 36.4 Å². The van der Waals surface area contributed by atoms with Gasteiger partial charge in [0.25, 0.3) is 11.7 Å². The lowest BCUT2D eigenvalue weighted by molar-refractivity contribution is -0.119. The quantitative estimate of drug-likeness (QED) is 0.650. The zero-order chi connectivity index (χ0) is 15.9. The van der Waals surface area contributed by atoms with Gasteiger partial charge in [0.05, 0.1) is 6.26 Å². The van der Waals surface area contributed by atoms with Crippen LogP contribution < -0.4 is 5.32 Å². The highest BCUT2D eigenvalue weighted by Crippen LogP contribution is 2.26. The summed E-state index contributed by atoms with van der Waals surface area (Å²) in [5.41, 5.74) is 0.415. The van der Waals surface area contributed by atoms with Gasteiger partial charge in [0.1, 0.15) is 0 Å². The Morgan fingerprint density at radius 3 is 2.55 bits per heavy atom. The molecule has 1 amide bonds. The molecule has 0 spiro atoms. The zero-order valence-corrected chi connectivity index (χ0v) is 11.9. The summed E-state index contributed by atoms with van der Waals surface area (Å²) < 4.78 is 33.9.